The summed E-state index contributed by atoms with van der Waals surface area (Å²) < 4.78 is 55.2. The maximum atomic E-state index is 13.9. The number of oxime groups is 1. The molecule has 1 atom stereocenters. The fourth-order valence-electron chi connectivity index (χ4n) is 2.67. The van der Waals surface area contributed by atoms with E-state index in [-0.39, 0.29) is 31.9 Å². The van der Waals surface area contributed by atoms with Crippen molar-refractivity contribution >= 4 is 40.5 Å². The molecule has 0 bridgehead atoms. The molecule has 0 fully saturated rings. The molecule has 0 amide bonds. The van der Waals surface area contributed by atoms with Gasteiger partial charge in [0.1, 0.15) is 5.82 Å². The third-order valence-electron chi connectivity index (χ3n) is 4.13. The van der Waals surface area contributed by atoms with Crippen LogP contribution in [0.4, 0.5) is 17.6 Å². The third-order valence-corrected chi connectivity index (χ3v) is 5.32. The van der Waals surface area contributed by atoms with Crippen molar-refractivity contribution in [2.45, 2.75) is 25.1 Å². The van der Waals surface area contributed by atoms with E-state index in [1.807, 2.05) is 0 Å². The highest BCUT2D eigenvalue weighted by Crippen LogP contribution is 2.50. The number of rotatable bonds is 2. The standard InChI is InChI=1S/C17H10Cl3F4NO/c1-8-4-9(2-3-13(8)21)14-7-16(26-25-14,17(22,23)24)10-5-11(18)15(20)12(19)6-10/h2-6H,7H2,1H3. The smallest absolute Gasteiger partial charge is 0.374 e. The van der Waals surface area contributed by atoms with E-state index < -0.39 is 24.0 Å². The Balaban J connectivity index is 2.06. The Bertz CT molecular complexity index is 890. The van der Waals surface area contributed by atoms with Crippen LogP contribution in [-0.4, -0.2) is 11.9 Å². The highest BCUT2D eigenvalue weighted by atomic mass is 35.5. The van der Waals surface area contributed by atoms with Crippen LogP contribution in [0.5, 0.6) is 0 Å². The summed E-state index contributed by atoms with van der Waals surface area (Å²) in [4.78, 5) is 4.89. The minimum Gasteiger partial charge on any atom is -0.374 e. The van der Waals surface area contributed by atoms with Crippen LogP contribution in [0.15, 0.2) is 35.5 Å². The van der Waals surface area contributed by atoms with E-state index in [0.29, 0.717) is 5.56 Å². The summed E-state index contributed by atoms with van der Waals surface area (Å²) in [6.45, 7) is 1.50. The van der Waals surface area contributed by atoms with E-state index in [0.717, 1.165) is 18.2 Å². The first kappa shape index (κ1) is 19.3. The molecule has 1 aliphatic heterocycles. The molecule has 2 aromatic rings. The van der Waals surface area contributed by atoms with Gasteiger partial charge in [0.25, 0.3) is 5.60 Å². The molecule has 26 heavy (non-hydrogen) atoms. The zero-order valence-electron chi connectivity index (χ0n) is 13.1. The summed E-state index contributed by atoms with van der Waals surface area (Å²) in [7, 11) is 0. The fraction of sp³-hybridized carbons (Fsp3) is 0.235. The first-order valence-electron chi connectivity index (χ1n) is 7.28. The molecule has 2 aromatic carbocycles. The number of halogens is 7. The van der Waals surface area contributed by atoms with Crippen molar-refractivity contribution in [2.75, 3.05) is 0 Å². The van der Waals surface area contributed by atoms with Gasteiger partial charge < -0.3 is 4.84 Å². The Kier molecular flexibility index (Phi) is 4.88. The van der Waals surface area contributed by atoms with Crippen molar-refractivity contribution in [3.05, 3.63) is 67.9 Å². The Labute approximate surface area is 161 Å². The summed E-state index contributed by atoms with van der Waals surface area (Å²) in [6, 6.07) is 6.02. The van der Waals surface area contributed by atoms with E-state index in [1.54, 1.807) is 0 Å². The number of hydrogen-bond donors (Lipinski definition) is 0. The molecule has 0 aromatic heterocycles. The maximum absolute atomic E-state index is 13.9. The second-order valence-corrected chi connectivity index (χ2v) is 7.04. The van der Waals surface area contributed by atoms with Crippen molar-refractivity contribution in [3.8, 4) is 0 Å². The quantitative estimate of drug-likeness (QED) is 0.388. The Hall–Kier alpha value is -1.50. The van der Waals surface area contributed by atoms with E-state index >= 15 is 0 Å². The third kappa shape index (κ3) is 3.15. The van der Waals surface area contributed by atoms with Crippen molar-refractivity contribution in [2.24, 2.45) is 5.16 Å². The lowest BCUT2D eigenvalue weighted by Crippen LogP contribution is -2.42. The summed E-state index contributed by atoms with van der Waals surface area (Å²) in [5.74, 6) is -0.466. The zero-order chi connectivity index (χ0) is 19.3. The van der Waals surface area contributed by atoms with Gasteiger partial charge in [-0.05, 0) is 42.3 Å². The summed E-state index contributed by atoms with van der Waals surface area (Å²) in [6.07, 6.45) is -5.43. The van der Waals surface area contributed by atoms with Gasteiger partial charge >= 0.3 is 6.18 Å². The molecule has 1 aliphatic rings. The van der Waals surface area contributed by atoms with Gasteiger partial charge in [-0.1, -0.05) is 46.0 Å². The van der Waals surface area contributed by atoms with Gasteiger partial charge in [-0.25, -0.2) is 4.39 Å². The average molecular weight is 427 g/mol. The molecule has 1 heterocycles. The number of alkyl halides is 3. The molecule has 0 N–H and O–H groups in total. The second-order valence-electron chi connectivity index (χ2n) is 5.85. The van der Waals surface area contributed by atoms with Gasteiger partial charge in [0.2, 0.25) is 0 Å². The highest BCUT2D eigenvalue weighted by molar-refractivity contribution is 6.48. The monoisotopic (exact) mass is 425 g/mol. The summed E-state index contributed by atoms with van der Waals surface area (Å²) in [5, 5.41) is 3.29. The second kappa shape index (κ2) is 6.59. The molecule has 9 heteroatoms. The van der Waals surface area contributed by atoms with Gasteiger partial charge in [0.05, 0.1) is 20.8 Å². The Morgan fingerprint density at radius 3 is 2.23 bits per heavy atom. The Morgan fingerprint density at radius 2 is 1.69 bits per heavy atom. The average Bonchev–Trinajstić information content (AvgIpc) is 3.01. The van der Waals surface area contributed by atoms with E-state index in [4.69, 9.17) is 39.6 Å². The maximum Gasteiger partial charge on any atom is 0.435 e. The van der Waals surface area contributed by atoms with Crippen LogP contribution in [0, 0.1) is 12.7 Å². The van der Waals surface area contributed by atoms with Crippen LogP contribution in [0.1, 0.15) is 23.1 Å². The van der Waals surface area contributed by atoms with E-state index in [9.17, 15) is 17.6 Å². The van der Waals surface area contributed by atoms with Crippen molar-refractivity contribution in [1.82, 2.24) is 0 Å². The molecule has 138 valence electrons. The molecule has 2 nitrogen and oxygen atoms in total. The molecule has 0 radical (unpaired) electrons. The normalized spacial score (nSPS) is 20.1. The minimum absolute atomic E-state index is 0.0348. The molecule has 0 saturated heterocycles. The van der Waals surface area contributed by atoms with E-state index in [1.165, 1.54) is 19.1 Å². The molecule has 0 spiro atoms. The largest absolute Gasteiger partial charge is 0.435 e. The number of benzene rings is 2. The highest BCUT2D eigenvalue weighted by Gasteiger charge is 2.62. The van der Waals surface area contributed by atoms with Gasteiger partial charge in [0.15, 0.2) is 0 Å². The van der Waals surface area contributed by atoms with Crippen molar-refractivity contribution in [1.29, 1.82) is 0 Å². The van der Waals surface area contributed by atoms with Crippen LogP contribution in [0.3, 0.4) is 0 Å². The SMILES string of the molecule is Cc1cc(C2=NOC(c3cc(Cl)c(Cl)c(Cl)c3)(C(F)(F)F)C2)ccc1F. The van der Waals surface area contributed by atoms with Crippen LogP contribution in [-0.2, 0) is 10.4 Å². The number of nitrogens with zero attached hydrogens (tertiary/aromatic N) is 1. The number of aryl methyl sites for hydroxylation is 1. The molecule has 0 saturated carbocycles. The lowest BCUT2D eigenvalue weighted by atomic mass is 9.86. The van der Waals surface area contributed by atoms with Crippen LogP contribution >= 0.6 is 34.8 Å². The topological polar surface area (TPSA) is 21.6 Å². The lowest BCUT2D eigenvalue weighted by molar-refractivity contribution is -0.275. The predicted molar refractivity (Wildman–Crippen MR) is 92.6 cm³/mol. The molecular weight excluding hydrogens is 417 g/mol. The minimum atomic E-state index is -4.81. The fourth-order valence-corrected chi connectivity index (χ4v) is 3.27. The molecule has 3 rings (SSSR count). The van der Waals surface area contributed by atoms with Crippen LogP contribution in [0.2, 0.25) is 15.1 Å². The van der Waals surface area contributed by atoms with Crippen LogP contribution in [0.25, 0.3) is 0 Å². The summed E-state index contributed by atoms with van der Waals surface area (Å²) in [5.41, 5.74) is -2.43. The Morgan fingerprint density at radius 1 is 1.08 bits per heavy atom. The van der Waals surface area contributed by atoms with Gasteiger partial charge in [-0.3, -0.25) is 0 Å². The van der Waals surface area contributed by atoms with Crippen molar-refractivity contribution in [3.63, 3.8) is 0 Å². The van der Waals surface area contributed by atoms with Gasteiger partial charge in [0, 0.05) is 12.0 Å². The van der Waals surface area contributed by atoms with Crippen molar-refractivity contribution < 1.29 is 22.4 Å². The molecule has 0 aliphatic carbocycles. The van der Waals surface area contributed by atoms with E-state index in [2.05, 4.69) is 5.16 Å². The van der Waals surface area contributed by atoms with Crippen LogP contribution < -0.4 is 0 Å². The summed E-state index contributed by atoms with van der Waals surface area (Å²) >= 11 is 17.6. The van der Waals surface area contributed by atoms with Gasteiger partial charge in [-0.15, -0.1) is 0 Å². The molecule has 1 unspecified atom stereocenters. The zero-order valence-corrected chi connectivity index (χ0v) is 15.4. The first-order chi connectivity index (χ1) is 12.0. The predicted octanol–water partition coefficient (Wildman–Crippen LogP) is 6.68. The first-order valence-corrected chi connectivity index (χ1v) is 8.42. The molecular formula is C17H10Cl3F4NO. The lowest BCUT2D eigenvalue weighted by Gasteiger charge is -2.30. The van der Waals surface area contributed by atoms with Gasteiger partial charge in [-0.2, -0.15) is 13.2 Å². The number of hydrogen-bond acceptors (Lipinski definition) is 2.